The molecular weight excluding hydrogens is 306 g/mol. The van der Waals surface area contributed by atoms with Gasteiger partial charge in [0.1, 0.15) is 5.75 Å². The van der Waals surface area contributed by atoms with Crippen LogP contribution in [0.25, 0.3) is 0 Å². The molecule has 0 fully saturated rings. The average molecular weight is 318 g/mol. The number of benzene rings is 1. The van der Waals surface area contributed by atoms with Crippen molar-refractivity contribution in [3.05, 3.63) is 28.7 Å². The molecule has 1 aromatic carbocycles. The number of carbonyl (C=O) groups is 2. The maximum Gasteiger partial charge on any atom is 0.332 e. The predicted molar refractivity (Wildman–Crippen MR) is 66.0 cm³/mol. The summed E-state index contributed by atoms with van der Waals surface area (Å²) in [7, 11) is 0. The lowest BCUT2D eigenvalue weighted by Crippen LogP contribution is -2.27. The van der Waals surface area contributed by atoms with Gasteiger partial charge in [0.15, 0.2) is 6.61 Å². The van der Waals surface area contributed by atoms with E-state index in [1.165, 1.54) is 0 Å². The van der Waals surface area contributed by atoms with E-state index in [2.05, 4.69) is 20.8 Å². The number of ether oxygens (including phenoxy) is 1. The molecule has 1 amide bonds. The van der Waals surface area contributed by atoms with E-state index in [1.54, 1.807) is 12.1 Å². The molecule has 0 aliphatic heterocycles. The fraction of sp³-hybridized carbons (Fsp3) is 0.273. The lowest BCUT2D eigenvalue weighted by atomic mass is 10.3. The van der Waals surface area contributed by atoms with Crippen molar-refractivity contribution in [3.63, 3.8) is 0 Å². The van der Waals surface area contributed by atoms with Crippen LogP contribution in [0.3, 0.4) is 0 Å². The van der Waals surface area contributed by atoms with Gasteiger partial charge in [0, 0.05) is 4.47 Å². The number of carboxylic acids is 1. The first-order chi connectivity index (χ1) is 8.58. The number of rotatable bonds is 7. The zero-order valence-corrected chi connectivity index (χ0v) is 11.0. The summed E-state index contributed by atoms with van der Waals surface area (Å²) < 4.78 is 6.21. The summed E-state index contributed by atoms with van der Waals surface area (Å²) in [5.74, 6) is -0.949. The van der Waals surface area contributed by atoms with E-state index >= 15 is 0 Å². The summed E-state index contributed by atoms with van der Waals surface area (Å²) >= 11 is 3.30. The van der Waals surface area contributed by atoms with Gasteiger partial charge in [-0.05, 0) is 18.2 Å². The summed E-state index contributed by atoms with van der Waals surface area (Å²) in [5.41, 5.74) is 2.00. The quantitative estimate of drug-likeness (QED) is 0.741. The molecule has 0 spiro atoms. The number of halogens is 1. The Bertz CT molecular complexity index is 424. The van der Waals surface area contributed by atoms with Crippen molar-refractivity contribution in [1.29, 1.82) is 0 Å². The normalized spacial score (nSPS) is 9.83. The van der Waals surface area contributed by atoms with E-state index in [9.17, 15) is 9.59 Å². The number of carbonyl (C=O) groups excluding carboxylic acids is 1. The number of amides is 1. The Morgan fingerprint density at radius 2 is 2.17 bits per heavy atom. The van der Waals surface area contributed by atoms with Crippen LogP contribution < -0.4 is 10.2 Å². The van der Waals surface area contributed by atoms with Crippen LogP contribution in [-0.4, -0.2) is 30.2 Å². The third-order valence-corrected chi connectivity index (χ3v) is 2.27. The van der Waals surface area contributed by atoms with Crippen LogP contribution in [0.2, 0.25) is 0 Å². The lowest BCUT2D eigenvalue weighted by Gasteiger charge is -2.06. The van der Waals surface area contributed by atoms with Crippen LogP contribution in [0.4, 0.5) is 0 Å². The second-order valence-electron chi connectivity index (χ2n) is 3.26. The fourth-order valence-corrected chi connectivity index (χ4v) is 1.43. The van der Waals surface area contributed by atoms with Crippen molar-refractivity contribution in [2.75, 3.05) is 13.2 Å². The largest absolute Gasteiger partial charge is 0.493 e. The van der Waals surface area contributed by atoms with Crippen LogP contribution in [0.1, 0.15) is 6.42 Å². The van der Waals surface area contributed by atoms with E-state index in [0.29, 0.717) is 5.75 Å². The Kier molecular flexibility index (Phi) is 6.16. The molecule has 1 aromatic rings. The van der Waals surface area contributed by atoms with Crippen molar-refractivity contribution in [3.8, 4) is 5.75 Å². The number of hydrogen-bond donors (Lipinski definition) is 2. The minimum atomic E-state index is -1.15. The first-order valence-electron chi connectivity index (χ1n) is 5.08. The third-order valence-electron chi connectivity index (χ3n) is 1.78. The maximum atomic E-state index is 11.2. The molecule has 6 nitrogen and oxygen atoms in total. The molecule has 0 aromatic heterocycles. The second-order valence-corrected chi connectivity index (χ2v) is 4.18. The Morgan fingerprint density at radius 1 is 1.39 bits per heavy atom. The van der Waals surface area contributed by atoms with Gasteiger partial charge in [-0.15, -0.1) is 0 Å². The van der Waals surface area contributed by atoms with Gasteiger partial charge in [-0.1, -0.05) is 22.0 Å². The molecule has 7 heteroatoms. The highest BCUT2D eigenvalue weighted by atomic mass is 79.9. The number of carboxylic acid groups (broad SMARTS) is 1. The summed E-state index contributed by atoms with van der Waals surface area (Å²) in [5, 5.41) is 8.27. The molecule has 1 rings (SSSR count). The van der Waals surface area contributed by atoms with Crippen molar-refractivity contribution in [2.45, 2.75) is 6.42 Å². The molecule has 0 unspecified atom stereocenters. The Labute approximate surface area is 112 Å². The van der Waals surface area contributed by atoms with Gasteiger partial charge < -0.3 is 9.84 Å². The Morgan fingerprint density at radius 3 is 2.83 bits per heavy atom. The Balaban J connectivity index is 2.17. The van der Waals surface area contributed by atoms with E-state index in [-0.39, 0.29) is 13.0 Å². The van der Waals surface area contributed by atoms with E-state index in [1.807, 2.05) is 17.6 Å². The van der Waals surface area contributed by atoms with E-state index in [0.717, 1.165) is 4.47 Å². The maximum absolute atomic E-state index is 11.2. The highest BCUT2D eigenvalue weighted by Gasteiger charge is 2.03. The topological polar surface area (TPSA) is 84.9 Å². The molecule has 98 valence electrons. The minimum Gasteiger partial charge on any atom is -0.493 e. The van der Waals surface area contributed by atoms with Gasteiger partial charge >= 0.3 is 5.97 Å². The SMILES string of the molecule is O=C(O)CONC(=O)CCOc1cccc(Br)c1. The monoisotopic (exact) mass is 317 g/mol. The van der Waals surface area contributed by atoms with Gasteiger partial charge in [-0.3, -0.25) is 9.63 Å². The minimum absolute atomic E-state index is 0.0755. The summed E-state index contributed by atoms with van der Waals surface area (Å²) in [6.45, 7) is -0.392. The molecule has 0 radical (unpaired) electrons. The second kappa shape index (κ2) is 7.67. The van der Waals surface area contributed by atoms with E-state index < -0.39 is 18.5 Å². The van der Waals surface area contributed by atoms with Gasteiger partial charge in [-0.25, -0.2) is 10.3 Å². The van der Waals surface area contributed by atoms with Crippen molar-refractivity contribution < 1.29 is 24.3 Å². The zero-order valence-electron chi connectivity index (χ0n) is 9.39. The molecular formula is C11H12BrNO5. The molecule has 0 saturated heterocycles. The number of nitrogens with one attached hydrogen (secondary N) is 1. The molecule has 0 aliphatic carbocycles. The average Bonchev–Trinajstić information content (AvgIpc) is 2.28. The van der Waals surface area contributed by atoms with Crippen LogP contribution in [-0.2, 0) is 14.4 Å². The Hall–Kier alpha value is -1.60. The highest BCUT2D eigenvalue weighted by molar-refractivity contribution is 9.10. The van der Waals surface area contributed by atoms with Crippen LogP contribution >= 0.6 is 15.9 Å². The van der Waals surface area contributed by atoms with Crippen molar-refractivity contribution in [1.82, 2.24) is 5.48 Å². The lowest BCUT2D eigenvalue weighted by molar-refractivity contribution is -0.149. The number of hydrogen-bond acceptors (Lipinski definition) is 4. The smallest absolute Gasteiger partial charge is 0.332 e. The molecule has 0 heterocycles. The molecule has 0 atom stereocenters. The highest BCUT2D eigenvalue weighted by Crippen LogP contribution is 2.17. The van der Waals surface area contributed by atoms with Crippen molar-refractivity contribution in [2.24, 2.45) is 0 Å². The molecule has 18 heavy (non-hydrogen) atoms. The molecule has 0 bridgehead atoms. The summed E-state index contributed by atoms with van der Waals surface area (Å²) in [6, 6.07) is 7.22. The summed E-state index contributed by atoms with van der Waals surface area (Å²) in [4.78, 5) is 25.7. The number of aliphatic carboxylic acids is 1. The predicted octanol–water partition coefficient (Wildman–Crippen LogP) is 1.35. The first kappa shape index (κ1) is 14.5. The first-order valence-corrected chi connectivity index (χ1v) is 5.88. The van der Waals surface area contributed by atoms with Gasteiger partial charge in [0.2, 0.25) is 5.91 Å². The number of hydroxylamine groups is 1. The van der Waals surface area contributed by atoms with Gasteiger partial charge in [0.05, 0.1) is 13.0 Å². The van der Waals surface area contributed by atoms with Crippen LogP contribution in [0.5, 0.6) is 5.75 Å². The molecule has 0 saturated carbocycles. The zero-order chi connectivity index (χ0) is 13.4. The fourth-order valence-electron chi connectivity index (χ4n) is 1.05. The van der Waals surface area contributed by atoms with Crippen LogP contribution in [0.15, 0.2) is 28.7 Å². The summed E-state index contributed by atoms with van der Waals surface area (Å²) in [6.07, 6.45) is 0.0755. The molecule has 0 aliphatic rings. The van der Waals surface area contributed by atoms with Gasteiger partial charge in [0.25, 0.3) is 0 Å². The van der Waals surface area contributed by atoms with E-state index in [4.69, 9.17) is 9.84 Å². The van der Waals surface area contributed by atoms with Crippen LogP contribution in [0, 0.1) is 0 Å². The molecule has 2 N–H and O–H groups in total. The van der Waals surface area contributed by atoms with Gasteiger partial charge in [-0.2, -0.15) is 0 Å². The standard InChI is InChI=1S/C11H12BrNO5/c12-8-2-1-3-9(6-8)17-5-4-10(14)13-18-7-11(15)16/h1-3,6H,4-5,7H2,(H,13,14)(H,15,16). The third kappa shape index (κ3) is 6.21. The van der Waals surface area contributed by atoms with Crippen molar-refractivity contribution >= 4 is 27.8 Å².